The van der Waals surface area contributed by atoms with Crippen molar-refractivity contribution in [1.29, 1.82) is 0 Å². The van der Waals surface area contributed by atoms with Crippen LogP contribution in [-0.4, -0.2) is 24.5 Å². The molecule has 2 heteroatoms. The second-order valence-electron chi connectivity index (χ2n) is 5.49. The maximum atomic E-state index is 2.69. The molecule has 0 aromatic rings. The van der Waals surface area contributed by atoms with Crippen LogP contribution in [0.5, 0.6) is 0 Å². The van der Waals surface area contributed by atoms with Crippen LogP contribution in [-0.2, 0) is 0 Å². The van der Waals surface area contributed by atoms with Crippen LogP contribution in [0.1, 0.15) is 71.6 Å². The van der Waals surface area contributed by atoms with E-state index in [0.717, 1.165) is 5.92 Å². The van der Waals surface area contributed by atoms with Crippen LogP contribution in [0.2, 0.25) is 0 Å². The van der Waals surface area contributed by atoms with Gasteiger partial charge in [0, 0.05) is 0 Å². The molecule has 104 valence electrons. The molecule has 0 spiro atoms. The van der Waals surface area contributed by atoms with Gasteiger partial charge < -0.3 is 4.90 Å². The Balaban J connectivity index is 0.00000256. The van der Waals surface area contributed by atoms with Gasteiger partial charge in [-0.2, -0.15) is 0 Å². The third-order valence-corrected chi connectivity index (χ3v) is 3.98. The zero-order valence-electron chi connectivity index (χ0n) is 11.9. The molecule has 0 radical (unpaired) electrons. The second kappa shape index (κ2) is 11.0. The largest absolute Gasteiger partial charge is 0.303 e. The Labute approximate surface area is 107 Å². The van der Waals surface area contributed by atoms with E-state index in [9.17, 15) is 0 Å². The summed E-state index contributed by atoms with van der Waals surface area (Å²) in [7, 11) is 0. The summed E-state index contributed by atoms with van der Waals surface area (Å²) in [5, 5.41) is 0. The third kappa shape index (κ3) is 7.75. The highest BCUT2D eigenvalue weighted by molar-refractivity contribution is 4.71. The summed E-state index contributed by atoms with van der Waals surface area (Å²) in [5.74, 6) is 1.04. The molecule has 1 aliphatic rings. The molecule has 0 amide bonds. The van der Waals surface area contributed by atoms with Crippen molar-refractivity contribution >= 4 is 0 Å². The fourth-order valence-corrected chi connectivity index (χ4v) is 2.85. The predicted molar refractivity (Wildman–Crippen MR) is 75.3 cm³/mol. The van der Waals surface area contributed by atoms with Crippen LogP contribution in [0.15, 0.2) is 0 Å². The van der Waals surface area contributed by atoms with Gasteiger partial charge in [-0.15, -0.1) is 0 Å². The first kappa shape index (κ1) is 16.9. The van der Waals surface area contributed by atoms with Crippen molar-refractivity contribution in [1.82, 2.24) is 4.90 Å². The fourth-order valence-electron chi connectivity index (χ4n) is 2.85. The summed E-state index contributed by atoms with van der Waals surface area (Å²) >= 11 is 0. The highest BCUT2D eigenvalue weighted by atomic mass is 19.0. The minimum Gasteiger partial charge on any atom is -0.303 e. The maximum Gasteiger partial charge on any atom is -0.00161 e. The summed E-state index contributed by atoms with van der Waals surface area (Å²) in [4.78, 5) is 2.69. The lowest BCUT2D eigenvalue weighted by Crippen LogP contribution is -2.34. The first-order valence-corrected chi connectivity index (χ1v) is 7.59. The van der Waals surface area contributed by atoms with Gasteiger partial charge in [0.2, 0.25) is 0 Å². The molecular weight excluding hydrogens is 213 g/mol. The Morgan fingerprint density at radius 2 is 1.53 bits per heavy atom. The Hall–Kier alpha value is -0.110. The van der Waals surface area contributed by atoms with Gasteiger partial charge in [-0.1, -0.05) is 52.4 Å². The number of nitrogens with zero attached hydrogens (tertiary/aromatic N) is 1. The van der Waals surface area contributed by atoms with E-state index >= 15 is 0 Å². The number of rotatable bonds is 8. The molecule has 0 bridgehead atoms. The monoisotopic (exact) mass is 245 g/mol. The molecule has 17 heavy (non-hydrogen) atoms. The molecule has 0 aromatic carbocycles. The molecule has 1 saturated heterocycles. The molecule has 1 rings (SSSR count). The number of piperidine rings is 1. The maximum absolute atomic E-state index is 2.69. The van der Waals surface area contributed by atoms with Gasteiger partial charge in [0.05, 0.1) is 0 Å². The summed E-state index contributed by atoms with van der Waals surface area (Å²) in [5.41, 5.74) is 0. The summed E-state index contributed by atoms with van der Waals surface area (Å²) in [6.45, 7) is 8.72. The summed E-state index contributed by atoms with van der Waals surface area (Å²) in [6.07, 6.45) is 12.9. The second-order valence-corrected chi connectivity index (χ2v) is 5.49. The SMILES string of the molecule is CCCCCCCN1CCC(CCC)CC1.F. The van der Waals surface area contributed by atoms with E-state index in [-0.39, 0.29) is 4.70 Å². The van der Waals surface area contributed by atoms with Gasteiger partial charge in [-0.3, -0.25) is 4.70 Å². The first-order valence-electron chi connectivity index (χ1n) is 7.59. The molecule has 1 nitrogen and oxygen atoms in total. The van der Waals surface area contributed by atoms with Gasteiger partial charge in [-0.25, -0.2) is 0 Å². The van der Waals surface area contributed by atoms with Crippen LogP contribution >= 0.6 is 0 Å². The number of halogens is 1. The van der Waals surface area contributed by atoms with Crippen LogP contribution in [0, 0.1) is 5.92 Å². The van der Waals surface area contributed by atoms with Crippen LogP contribution in [0.3, 0.4) is 0 Å². The molecule has 0 N–H and O–H groups in total. The average molecular weight is 245 g/mol. The van der Waals surface area contributed by atoms with Crippen LogP contribution in [0.25, 0.3) is 0 Å². The lowest BCUT2D eigenvalue weighted by atomic mass is 9.92. The van der Waals surface area contributed by atoms with Crippen LogP contribution < -0.4 is 0 Å². The summed E-state index contributed by atoms with van der Waals surface area (Å²) < 4.78 is 0. The number of unbranched alkanes of at least 4 members (excludes halogenated alkanes) is 4. The first-order chi connectivity index (χ1) is 7.86. The van der Waals surface area contributed by atoms with Gasteiger partial charge in [0.15, 0.2) is 0 Å². The molecule has 0 aromatic heterocycles. The minimum atomic E-state index is 0. The van der Waals surface area contributed by atoms with Crippen molar-refractivity contribution in [2.75, 3.05) is 19.6 Å². The molecule has 0 atom stereocenters. The van der Waals surface area contributed by atoms with Crippen LogP contribution in [0.4, 0.5) is 4.70 Å². The Bertz CT molecular complexity index is 153. The molecular formula is C15H32FN. The lowest BCUT2D eigenvalue weighted by molar-refractivity contribution is 0.175. The average Bonchev–Trinajstić information content (AvgIpc) is 2.31. The van der Waals surface area contributed by atoms with E-state index in [1.54, 1.807) is 0 Å². The topological polar surface area (TPSA) is 3.24 Å². The van der Waals surface area contributed by atoms with E-state index in [0.29, 0.717) is 0 Å². The number of hydrogen-bond acceptors (Lipinski definition) is 1. The summed E-state index contributed by atoms with van der Waals surface area (Å²) in [6, 6.07) is 0. The smallest absolute Gasteiger partial charge is 0.00161 e. The highest BCUT2D eigenvalue weighted by Crippen LogP contribution is 2.21. The van der Waals surface area contributed by atoms with Gasteiger partial charge in [-0.05, 0) is 44.8 Å². The minimum absolute atomic E-state index is 0. The Morgan fingerprint density at radius 3 is 2.12 bits per heavy atom. The molecule has 1 heterocycles. The number of hydrogen-bond donors (Lipinski definition) is 0. The third-order valence-electron chi connectivity index (χ3n) is 3.98. The molecule has 0 unspecified atom stereocenters. The van der Waals surface area contributed by atoms with E-state index in [1.165, 1.54) is 77.4 Å². The van der Waals surface area contributed by atoms with Crippen molar-refractivity contribution in [3.8, 4) is 0 Å². The zero-order chi connectivity index (χ0) is 11.6. The van der Waals surface area contributed by atoms with Crippen molar-refractivity contribution in [3.63, 3.8) is 0 Å². The Morgan fingerprint density at radius 1 is 0.882 bits per heavy atom. The van der Waals surface area contributed by atoms with Crippen molar-refractivity contribution in [3.05, 3.63) is 0 Å². The number of likely N-dealkylation sites (tertiary alicyclic amines) is 1. The zero-order valence-corrected chi connectivity index (χ0v) is 11.9. The Kier molecular flexibility index (Phi) is 10.9. The fraction of sp³-hybridized carbons (Fsp3) is 1.00. The van der Waals surface area contributed by atoms with E-state index in [1.807, 2.05) is 0 Å². The van der Waals surface area contributed by atoms with Crippen molar-refractivity contribution in [2.24, 2.45) is 5.92 Å². The quantitative estimate of drug-likeness (QED) is 0.564. The normalized spacial score (nSPS) is 18.0. The van der Waals surface area contributed by atoms with Gasteiger partial charge in [0.25, 0.3) is 0 Å². The standard InChI is InChI=1S/C15H31N.FH/c1-3-5-6-7-8-12-16-13-10-15(9-4-2)11-14-16;/h15H,3-14H2,1-2H3;1H. The molecule has 1 aliphatic heterocycles. The molecule has 1 fully saturated rings. The van der Waals surface area contributed by atoms with Crippen molar-refractivity contribution in [2.45, 2.75) is 71.6 Å². The van der Waals surface area contributed by atoms with Gasteiger partial charge in [0.1, 0.15) is 0 Å². The van der Waals surface area contributed by atoms with E-state index < -0.39 is 0 Å². The lowest BCUT2D eigenvalue weighted by Gasteiger charge is -2.31. The van der Waals surface area contributed by atoms with Crippen molar-refractivity contribution < 1.29 is 4.70 Å². The molecule has 0 saturated carbocycles. The van der Waals surface area contributed by atoms with Gasteiger partial charge >= 0.3 is 0 Å². The highest BCUT2D eigenvalue weighted by Gasteiger charge is 2.17. The predicted octanol–water partition coefficient (Wildman–Crippen LogP) is 4.62. The van der Waals surface area contributed by atoms with E-state index in [4.69, 9.17) is 0 Å². The molecule has 0 aliphatic carbocycles. The van der Waals surface area contributed by atoms with E-state index in [2.05, 4.69) is 18.7 Å².